The Balaban J connectivity index is 1.83. The van der Waals surface area contributed by atoms with E-state index in [0.29, 0.717) is 42.7 Å². The largest absolute Gasteiger partial charge is 0.482 e. The fraction of sp³-hybridized carbons (Fsp3) is 0.292. The molecular weight excluding hydrogens is 451 g/mol. The van der Waals surface area contributed by atoms with Gasteiger partial charge in [-0.25, -0.2) is 14.8 Å². The van der Waals surface area contributed by atoms with Crippen LogP contribution in [0, 0.1) is 6.92 Å². The van der Waals surface area contributed by atoms with Gasteiger partial charge in [-0.2, -0.15) is 13.2 Å². The minimum Gasteiger partial charge on any atom is -0.482 e. The Morgan fingerprint density at radius 2 is 1.85 bits per heavy atom. The molecule has 0 fully saturated rings. The Kier molecular flexibility index (Phi) is 8.06. The Morgan fingerprint density at radius 3 is 2.47 bits per heavy atom. The van der Waals surface area contributed by atoms with E-state index in [4.69, 9.17) is 14.6 Å². The number of rotatable bonds is 10. The third-order valence-electron chi connectivity index (χ3n) is 4.96. The number of hydrogen-bond donors (Lipinski definition) is 1. The summed E-state index contributed by atoms with van der Waals surface area (Å²) < 4.78 is 49.1. The molecule has 0 saturated carbocycles. The van der Waals surface area contributed by atoms with E-state index < -0.39 is 24.3 Å². The Labute approximate surface area is 194 Å². The molecule has 10 heteroatoms. The van der Waals surface area contributed by atoms with Gasteiger partial charge < -0.3 is 19.5 Å². The second-order valence-corrected chi connectivity index (χ2v) is 7.51. The van der Waals surface area contributed by atoms with E-state index >= 15 is 0 Å². The van der Waals surface area contributed by atoms with Crippen LogP contribution in [-0.4, -0.2) is 47.9 Å². The molecule has 3 rings (SSSR count). The number of aromatic nitrogens is 2. The van der Waals surface area contributed by atoms with Crippen LogP contribution in [0.25, 0.3) is 11.3 Å². The van der Waals surface area contributed by atoms with Crippen molar-refractivity contribution in [1.82, 2.24) is 9.97 Å². The van der Waals surface area contributed by atoms with Crippen molar-refractivity contribution in [2.24, 2.45) is 0 Å². The van der Waals surface area contributed by atoms with Gasteiger partial charge in [0.25, 0.3) is 0 Å². The maximum atomic E-state index is 12.9. The lowest BCUT2D eigenvalue weighted by atomic mass is 10.1. The number of carbonyl (C=O) groups is 1. The van der Waals surface area contributed by atoms with Crippen LogP contribution in [0.5, 0.6) is 5.75 Å². The van der Waals surface area contributed by atoms with Gasteiger partial charge in [0.05, 0.1) is 17.9 Å². The van der Waals surface area contributed by atoms with Gasteiger partial charge in [-0.15, -0.1) is 0 Å². The summed E-state index contributed by atoms with van der Waals surface area (Å²) in [4.78, 5) is 21.5. The summed E-state index contributed by atoms with van der Waals surface area (Å²) in [5.74, 6) is -0.173. The summed E-state index contributed by atoms with van der Waals surface area (Å²) >= 11 is 0. The molecule has 0 saturated heterocycles. The Morgan fingerprint density at radius 1 is 1.12 bits per heavy atom. The van der Waals surface area contributed by atoms with E-state index in [1.165, 1.54) is 12.1 Å². The number of methoxy groups -OCH3 is 1. The minimum absolute atomic E-state index is 0.401. The molecule has 0 atom stereocenters. The standard InChI is InChI=1S/C24H24F3N3O4/c1-16-13-17(3-8-21(16)34-15-22(31)32)14-30(11-12-33-2)23-28-10-9-20(29-23)18-4-6-19(7-5-18)24(25,26)27/h3-10,13H,11-12,14-15H2,1-2H3,(H,31,32). The quantitative estimate of drug-likeness (QED) is 0.459. The summed E-state index contributed by atoms with van der Waals surface area (Å²) in [7, 11) is 1.58. The SMILES string of the molecule is COCCN(Cc1ccc(OCC(=O)O)c(C)c1)c1nccc(-c2ccc(C(F)(F)F)cc2)n1. The van der Waals surface area contributed by atoms with Gasteiger partial charge in [0.1, 0.15) is 5.75 Å². The maximum Gasteiger partial charge on any atom is 0.416 e. The van der Waals surface area contributed by atoms with E-state index in [-0.39, 0.29) is 0 Å². The van der Waals surface area contributed by atoms with Gasteiger partial charge in [0, 0.05) is 32.0 Å². The van der Waals surface area contributed by atoms with Crippen LogP contribution in [0.3, 0.4) is 0 Å². The lowest BCUT2D eigenvalue weighted by Crippen LogP contribution is -2.28. The van der Waals surface area contributed by atoms with E-state index in [0.717, 1.165) is 23.3 Å². The van der Waals surface area contributed by atoms with Crippen molar-refractivity contribution >= 4 is 11.9 Å². The summed E-state index contributed by atoms with van der Waals surface area (Å²) in [6.07, 6.45) is -2.85. The summed E-state index contributed by atoms with van der Waals surface area (Å²) in [5.41, 5.74) is 2.01. The number of ether oxygens (including phenoxy) is 2. The first-order chi connectivity index (χ1) is 16.2. The van der Waals surface area contributed by atoms with E-state index in [9.17, 15) is 18.0 Å². The summed E-state index contributed by atoms with van der Waals surface area (Å²) in [6, 6.07) is 11.9. The van der Waals surface area contributed by atoms with Gasteiger partial charge in [-0.1, -0.05) is 24.3 Å². The van der Waals surface area contributed by atoms with Crippen LogP contribution in [-0.2, 0) is 22.3 Å². The molecule has 0 bridgehead atoms. The minimum atomic E-state index is -4.40. The van der Waals surface area contributed by atoms with Crippen molar-refractivity contribution in [3.8, 4) is 17.0 Å². The zero-order chi connectivity index (χ0) is 24.7. The van der Waals surface area contributed by atoms with Crippen molar-refractivity contribution in [3.63, 3.8) is 0 Å². The zero-order valence-corrected chi connectivity index (χ0v) is 18.7. The summed E-state index contributed by atoms with van der Waals surface area (Å²) in [6.45, 7) is 2.71. The van der Waals surface area contributed by atoms with Gasteiger partial charge >= 0.3 is 12.1 Å². The van der Waals surface area contributed by atoms with Crippen molar-refractivity contribution < 1.29 is 32.5 Å². The zero-order valence-electron chi connectivity index (χ0n) is 18.7. The van der Waals surface area contributed by atoms with Crippen molar-refractivity contribution in [1.29, 1.82) is 0 Å². The molecule has 180 valence electrons. The fourth-order valence-electron chi connectivity index (χ4n) is 3.27. The molecule has 0 amide bonds. The predicted octanol–water partition coefficient (Wildman–Crippen LogP) is 4.59. The number of nitrogens with zero attached hydrogens (tertiary/aromatic N) is 3. The molecular formula is C24H24F3N3O4. The number of aliphatic carboxylic acids is 1. The second kappa shape index (κ2) is 11.0. The first kappa shape index (κ1) is 25.0. The van der Waals surface area contributed by atoms with Crippen molar-refractivity contribution in [2.45, 2.75) is 19.6 Å². The molecule has 0 spiro atoms. The highest BCUT2D eigenvalue weighted by Gasteiger charge is 2.30. The number of hydrogen-bond acceptors (Lipinski definition) is 6. The third kappa shape index (κ3) is 6.67. The molecule has 1 heterocycles. The molecule has 0 unspecified atom stereocenters. The van der Waals surface area contributed by atoms with Crippen LogP contribution < -0.4 is 9.64 Å². The second-order valence-electron chi connectivity index (χ2n) is 7.51. The summed E-state index contributed by atoms with van der Waals surface area (Å²) in [5, 5.41) is 8.79. The molecule has 1 aromatic heterocycles. The van der Waals surface area contributed by atoms with Crippen molar-refractivity contribution in [2.75, 3.05) is 31.8 Å². The van der Waals surface area contributed by atoms with Crippen LogP contribution in [0.2, 0.25) is 0 Å². The van der Waals surface area contributed by atoms with E-state index in [1.54, 1.807) is 25.4 Å². The number of aryl methyl sites for hydroxylation is 1. The lowest BCUT2D eigenvalue weighted by molar-refractivity contribution is -0.139. The average molecular weight is 475 g/mol. The van der Waals surface area contributed by atoms with Crippen LogP contribution in [0.15, 0.2) is 54.7 Å². The Bertz CT molecular complexity index is 1120. The average Bonchev–Trinajstić information content (AvgIpc) is 2.80. The lowest BCUT2D eigenvalue weighted by Gasteiger charge is -2.23. The smallest absolute Gasteiger partial charge is 0.416 e. The van der Waals surface area contributed by atoms with E-state index in [1.807, 2.05) is 24.0 Å². The number of anilines is 1. The molecule has 0 aliphatic heterocycles. The molecule has 3 aromatic rings. The van der Waals surface area contributed by atoms with E-state index in [2.05, 4.69) is 9.97 Å². The predicted molar refractivity (Wildman–Crippen MR) is 120 cm³/mol. The van der Waals surface area contributed by atoms with Crippen LogP contribution in [0.4, 0.5) is 19.1 Å². The highest BCUT2D eigenvalue weighted by atomic mass is 19.4. The normalized spacial score (nSPS) is 11.3. The molecule has 2 aromatic carbocycles. The van der Waals surface area contributed by atoms with Crippen LogP contribution >= 0.6 is 0 Å². The fourth-order valence-corrected chi connectivity index (χ4v) is 3.27. The molecule has 7 nitrogen and oxygen atoms in total. The van der Waals surface area contributed by atoms with Gasteiger partial charge in [0.2, 0.25) is 5.95 Å². The Hall–Kier alpha value is -3.66. The number of carboxylic acids is 1. The van der Waals surface area contributed by atoms with Crippen molar-refractivity contribution in [3.05, 3.63) is 71.4 Å². The molecule has 1 N–H and O–H groups in total. The topological polar surface area (TPSA) is 84.8 Å². The first-order valence-corrected chi connectivity index (χ1v) is 10.4. The maximum absolute atomic E-state index is 12.9. The molecule has 34 heavy (non-hydrogen) atoms. The third-order valence-corrected chi connectivity index (χ3v) is 4.96. The molecule has 0 aliphatic rings. The van der Waals surface area contributed by atoms with Gasteiger partial charge in [-0.3, -0.25) is 0 Å². The number of benzene rings is 2. The van der Waals surface area contributed by atoms with Gasteiger partial charge in [-0.05, 0) is 42.3 Å². The number of carboxylic acid groups (broad SMARTS) is 1. The molecule has 0 aliphatic carbocycles. The first-order valence-electron chi connectivity index (χ1n) is 10.4. The highest BCUT2D eigenvalue weighted by Crippen LogP contribution is 2.31. The van der Waals surface area contributed by atoms with Gasteiger partial charge in [0.15, 0.2) is 6.61 Å². The highest BCUT2D eigenvalue weighted by molar-refractivity contribution is 5.68. The number of alkyl halides is 3. The molecule has 0 radical (unpaired) electrons. The number of halogens is 3. The van der Waals surface area contributed by atoms with Crippen LogP contribution in [0.1, 0.15) is 16.7 Å². The monoisotopic (exact) mass is 475 g/mol.